The fourth-order valence-electron chi connectivity index (χ4n) is 8.77. The molecular formula is C47H57N3O7. The quantitative estimate of drug-likeness (QED) is 0.0907. The van der Waals surface area contributed by atoms with Gasteiger partial charge in [-0.2, -0.15) is 0 Å². The molecule has 1 saturated carbocycles. The van der Waals surface area contributed by atoms with Crippen LogP contribution in [0.25, 0.3) is 11.1 Å². The number of alkyl carbamates (subject to hydrolysis) is 1. The summed E-state index contributed by atoms with van der Waals surface area (Å²) in [7, 11) is 0. The van der Waals surface area contributed by atoms with Crippen molar-refractivity contribution in [3.63, 3.8) is 0 Å². The Morgan fingerprint density at radius 1 is 0.842 bits per heavy atom. The second-order valence-electron chi connectivity index (χ2n) is 15.7. The molecule has 0 aromatic heterocycles. The molecule has 4 atom stereocenters. The first-order chi connectivity index (χ1) is 27.8. The second kappa shape index (κ2) is 20.3. The Balaban J connectivity index is 1.08. The zero-order valence-corrected chi connectivity index (χ0v) is 32.9. The molecule has 0 radical (unpaired) electrons. The van der Waals surface area contributed by atoms with Crippen molar-refractivity contribution in [1.82, 2.24) is 15.5 Å². The van der Waals surface area contributed by atoms with Crippen LogP contribution in [0, 0.1) is 11.8 Å². The maximum atomic E-state index is 13.9. The number of amides is 3. The van der Waals surface area contributed by atoms with E-state index in [1.54, 1.807) is 17.1 Å². The third-order valence-corrected chi connectivity index (χ3v) is 11.8. The molecule has 3 aromatic rings. The number of ether oxygens (including phenoxy) is 2. The van der Waals surface area contributed by atoms with Gasteiger partial charge in [-0.3, -0.25) is 9.59 Å². The van der Waals surface area contributed by atoms with Gasteiger partial charge in [-0.15, -0.1) is 13.2 Å². The number of hydrogen-bond acceptors (Lipinski definition) is 7. The number of nitrogens with one attached hydrogen (secondary N) is 2. The Morgan fingerprint density at radius 2 is 1.51 bits per heavy atom. The van der Waals surface area contributed by atoms with E-state index in [0.717, 1.165) is 59.1 Å². The number of hydrogen-bond donors (Lipinski definition) is 3. The van der Waals surface area contributed by atoms with E-state index in [1.165, 1.54) is 6.42 Å². The minimum absolute atomic E-state index is 0.0415. The number of aliphatic hydroxyl groups is 1. The van der Waals surface area contributed by atoms with Gasteiger partial charge in [0.15, 0.2) is 0 Å². The van der Waals surface area contributed by atoms with Crippen molar-refractivity contribution in [2.45, 2.75) is 101 Å². The number of esters is 1. The highest BCUT2D eigenvalue weighted by molar-refractivity contribution is 5.87. The fraction of sp³-hybridized carbons (Fsp3) is 0.447. The molecule has 1 fully saturated rings. The molecule has 1 aliphatic heterocycles. The molecule has 4 unspecified atom stereocenters. The fourth-order valence-corrected chi connectivity index (χ4v) is 8.77. The summed E-state index contributed by atoms with van der Waals surface area (Å²) in [4.78, 5) is 56.2. The van der Waals surface area contributed by atoms with Crippen molar-refractivity contribution in [2.75, 3.05) is 19.8 Å². The van der Waals surface area contributed by atoms with Crippen LogP contribution in [0.15, 0.2) is 98.1 Å². The predicted octanol–water partition coefficient (Wildman–Crippen LogP) is 7.39. The van der Waals surface area contributed by atoms with Gasteiger partial charge in [-0.1, -0.05) is 117 Å². The van der Waals surface area contributed by atoms with Crippen molar-refractivity contribution < 1.29 is 33.8 Å². The first-order valence-electron chi connectivity index (χ1n) is 20.6. The largest absolute Gasteiger partial charge is 0.462 e. The summed E-state index contributed by atoms with van der Waals surface area (Å²) in [6.07, 6.45) is 10.2. The maximum Gasteiger partial charge on any atom is 0.407 e. The topological polar surface area (TPSA) is 134 Å². The highest BCUT2D eigenvalue weighted by Gasteiger charge is 2.34. The van der Waals surface area contributed by atoms with Crippen molar-refractivity contribution in [3.8, 4) is 11.1 Å². The first kappa shape index (κ1) is 41.4. The van der Waals surface area contributed by atoms with Gasteiger partial charge >= 0.3 is 12.1 Å². The monoisotopic (exact) mass is 775 g/mol. The lowest BCUT2D eigenvalue weighted by atomic mass is 9.84. The lowest BCUT2D eigenvalue weighted by molar-refractivity contribution is -0.148. The van der Waals surface area contributed by atoms with E-state index < -0.39 is 30.1 Å². The predicted molar refractivity (Wildman–Crippen MR) is 220 cm³/mol. The Morgan fingerprint density at radius 3 is 2.18 bits per heavy atom. The number of carbonyl (C=O) groups excluding carboxylic acids is 4. The summed E-state index contributed by atoms with van der Waals surface area (Å²) in [6.45, 7) is 7.87. The molecule has 302 valence electrons. The van der Waals surface area contributed by atoms with Crippen LogP contribution in [0.3, 0.4) is 0 Å². The summed E-state index contributed by atoms with van der Waals surface area (Å²) in [5.41, 5.74) is 6.57. The minimum atomic E-state index is -0.982. The smallest absolute Gasteiger partial charge is 0.407 e. The highest BCUT2D eigenvalue weighted by atomic mass is 16.6. The number of carbonyl (C=O) groups is 4. The van der Waals surface area contributed by atoms with Crippen LogP contribution in [0.4, 0.5) is 4.79 Å². The van der Waals surface area contributed by atoms with E-state index in [0.29, 0.717) is 31.7 Å². The molecule has 3 amide bonds. The van der Waals surface area contributed by atoms with Crippen molar-refractivity contribution >= 4 is 23.9 Å². The number of benzene rings is 3. The molecule has 3 aliphatic rings. The number of rotatable bonds is 18. The molecule has 3 aromatic carbocycles. The lowest BCUT2D eigenvalue weighted by Crippen LogP contribution is -2.49. The summed E-state index contributed by atoms with van der Waals surface area (Å²) in [5.74, 6) is -1.59. The van der Waals surface area contributed by atoms with Gasteiger partial charge in [0.2, 0.25) is 11.8 Å². The van der Waals surface area contributed by atoms with Crippen LogP contribution in [0.1, 0.15) is 92.4 Å². The molecule has 3 N–H and O–H groups in total. The first-order valence-corrected chi connectivity index (χ1v) is 20.6. The Hall–Kier alpha value is -5.22. The molecule has 0 bridgehead atoms. The summed E-state index contributed by atoms with van der Waals surface area (Å²) in [5, 5.41) is 16.0. The average molecular weight is 776 g/mol. The second-order valence-corrected chi connectivity index (χ2v) is 15.7. The Kier molecular flexibility index (Phi) is 14.7. The number of nitrogens with zero attached hydrogens (tertiary/aromatic N) is 1. The minimum Gasteiger partial charge on any atom is -0.462 e. The molecule has 10 nitrogen and oxygen atoms in total. The van der Waals surface area contributed by atoms with Crippen LogP contribution in [-0.4, -0.2) is 71.8 Å². The average Bonchev–Trinajstić information content (AvgIpc) is 3.56. The lowest BCUT2D eigenvalue weighted by Gasteiger charge is -2.37. The van der Waals surface area contributed by atoms with Gasteiger partial charge in [-0.25, -0.2) is 9.59 Å². The van der Waals surface area contributed by atoms with E-state index in [1.807, 2.05) is 60.7 Å². The van der Waals surface area contributed by atoms with E-state index in [4.69, 9.17) is 9.47 Å². The number of fused-ring (bicyclic) bond motifs is 4. The maximum absolute atomic E-state index is 13.9. The van der Waals surface area contributed by atoms with Gasteiger partial charge in [0.1, 0.15) is 19.3 Å². The SMILES string of the molecule is C=CCCC(NC(=O)OCC1c2ccccc2-c2ccccc21)C(=O)OCC(CC1CCCCC1)NC(=O)C(CC=C)CC(=O)N1Cc2ccccc2CC1CO. The molecule has 57 heavy (non-hydrogen) atoms. The Bertz CT molecular complexity index is 1840. The summed E-state index contributed by atoms with van der Waals surface area (Å²) >= 11 is 0. The van der Waals surface area contributed by atoms with Crippen LogP contribution in [-0.2, 0) is 36.8 Å². The van der Waals surface area contributed by atoms with Gasteiger partial charge in [0, 0.05) is 18.9 Å². The highest BCUT2D eigenvalue weighted by Crippen LogP contribution is 2.44. The third-order valence-electron chi connectivity index (χ3n) is 11.8. The van der Waals surface area contributed by atoms with E-state index in [9.17, 15) is 24.3 Å². The van der Waals surface area contributed by atoms with E-state index in [2.05, 4.69) is 35.9 Å². The summed E-state index contributed by atoms with van der Waals surface area (Å²) < 4.78 is 11.6. The van der Waals surface area contributed by atoms with Crippen LogP contribution in [0.2, 0.25) is 0 Å². The normalized spacial score (nSPS) is 17.8. The van der Waals surface area contributed by atoms with Gasteiger partial charge in [0.05, 0.1) is 24.6 Å². The molecule has 0 saturated heterocycles. The third kappa shape index (κ3) is 10.6. The van der Waals surface area contributed by atoms with E-state index in [-0.39, 0.29) is 62.9 Å². The van der Waals surface area contributed by atoms with Gasteiger partial charge < -0.3 is 30.1 Å². The van der Waals surface area contributed by atoms with Crippen LogP contribution in [0.5, 0.6) is 0 Å². The number of aliphatic hydroxyl groups excluding tert-OH is 1. The van der Waals surface area contributed by atoms with Gasteiger partial charge in [0.25, 0.3) is 0 Å². The molecular weight excluding hydrogens is 719 g/mol. The molecule has 10 heteroatoms. The molecule has 6 rings (SSSR count). The molecule has 2 aliphatic carbocycles. The van der Waals surface area contributed by atoms with E-state index >= 15 is 0 Å². The zero-order valence-electron chi connectivity index (χ0n) is 32.9. The summed E-state index contributed by atoms with van der Waals surface area (Å²) in [6, 6.07) is 22.2. The molecule has 1 heterocycles. The van der Waals surface area contributed by atoms with Gasteiger partial charge in [-0.05, 0) is 71.4 Å². The van der Waals surface area contributed by atoms with Crippen LogP contribution < -0.4 is 10.6 Å². The van der Waals surface area contributed by atoms with Crippen molar-refractivity contribution in [2.24, 2.45) is 11.8 Å². The zero-order chi connectivity index (χ0) is 40.1. The number of allylic oxidation sites excluding steroid dienone is 2. The van der Waals surface area contributed by atoms with Crippen molar-refractivity contribution in [3.05, 3.63) is 120 Å². The van der Waals surface area contributed by atoms with Crippen molar-refractivity contribution in [1.29, 1.82) is 0 Å². The Labute approximate surface area is 336 Å². The standard InChI is InChI=1S/C47H57N3O7/c1-3-5-24-43(49-47(55)57-31-42-40-22-13-11-20-38(40)39-21-12-14-23-41(39)42)46(54)56-30-36(25-32-16-7-6-8-17-32)48-45(53)34(15-4-2)27-44(52)50-28-35-19-10-9-18-33(35)26-37(50)29-51/h3-4,9-14,18-23,32,34,36-37,42-43,51H,1-2,5-8,15-17,24-31H2,(H,48,53)(H,49,55). The molecule has 0 spiro atoms. The van der Waals surface area contributed by atoms with Crippen LogP contribution >= 0.6 is 0 Å².